The van der Waals surface area contributed by atoms with Crippen molar-refractivity contribution in [1.29, 1.82) is 0 Å². The Kier molecular flexibility index (Phi) is 35.5. The Balaban J connectivity index is 3.94. The topological polar surface area (TPSA) is 116 Å². The predicted molar refractivity (Wildman–Crippen MR) is 204 cm³/mol. The summed E-state index contributed by atoms with van der Waals surface area (Å²) in [7, 11) is -4.71. The number of hydrogen-bond acceptors (Lipinski definition) is 4. The Morgan fingerprint density at radius 2 is 0.917 bits per heavy atom. The average Bonchev–Trinajstić information content (AvgIpc) is 3.05. The van der Waals surface area contributed by atoms with Gasteiger partial charge in [0, 0.05) is 6.42 Å². The largest absolute Gasteiger partial charge is 0.469 e. The van der Waals surface area contributed by atoms with Crippen LogP contribution in [0.1, 0.15) is 219 Å². The van der Waals surface area contributed by atoms with Crippen LogP contribution >= 0.6 is 7.82 Å². The first-order chi connectivity index (χ1) is 23.3. The van der Waals surface area contributed by atoms with Gasteiger partial charge in [0.15, 0.2) is 0 Å². The lowest BCUT2D eigenvalue weighted by atomic mass is 10.0. The van der Waals surface area contributed by atoms with E-state index in [1.165, 1.54) is 161 Å². The molecule has 0 radical (unpaired) electrons. The third-order valence-electron chi connectivity index (χ3n) is 9.50. The molecule has 0 aromatic heterocycles. The van der Waals surface area contributed by atoms with E-state index in [0.29, 0.717) is 6.42 Å². The van der Waals surface area contributed by atoms with E-state index >= 15 is 0 Å². The van der Waals surface area contributed by atoms with Gasteiger partial charge in [0.25, 0.3) is 0 Å². The average molecular weight is 702 g/mol. The molecule has 0 saturated carbocycles. The fourth-order valence-corrected chi connectivity index (χ4v) is 6.70. The number of aliphatic hydroxyl groups excluding tert-OH is 1. The lowest BCUT2D eigenvalue weighted by Crippen LogP contribution is -2.45. The minimum Gasteiger partial charge on any atom is -0.387 e. The number of nitrogens with one attached hydrogen (secondary N) is 1. The van der Waals surface area contributed by atoms with E-state index in [1.54, 1.807) is 6.08 Å². The zero-order valence-electron chi connectivity index (χ0n) is 31.7. The molecule has 0 aliphatic rings. The van der Waals surface area contributed by atoms with Crippen LogP contribution in [0.2, 0.25) is 0 Å². The molecule has 0 unspecified atom stereocenters. The van der Waals surface area contributed by atoms with Crippen LogP contribution in [-0.4, -0.2) is 39.6 Å². The van der Waals surface area contributed by atoms with Gasteiger partial charge in [0.1, 0.15) is 0 Å². The Hall–Kier alpha value is -0.720. The van der Waals surface area contributed by atoms with Crippen molar-refractivity contribution in [1.82, 2.24) is 5.32 Å². The molecule has 0 rings (SSSR count). The van der Waals surface area contributed by atoms with Crippen LogP contribution in [0, 0.1) is 0 Å². The van der Waals surface area contributed by atoms with Gasteiger partial charge in [-0.05, 0) is 19.3 Å². The van der Waals surface area contributed by atoms with Crippen molar-refractivity contribution in [3.05, 3.63) is 12.2 Å². The second kappa shape index (κ2) is 36.1. The SMILES string of the molecule is CCCCCCCCCCCCCC/C=C/[C@@H](O)[C@H](COP(=O)(O)O)NC(=O)CCCCCCCCCCCCCCCCCCCC. The molecular formula is C40H80NO6P. The molecule has 286 valence electrons. The van der Waals surface area contributed by atoms with Gasteiger partial charge < -0.3 is 20.2 Å². The van der Waals surface area contributed by atoms with Gasteiger partial charge in [0.05, 0.1) is 18.8 Å². The minimum absolute atomic E-state index is 0.223. The van der Waals surface area contributed by atoms with E-state index in [1.807, 2.05) is 6.08 Å². The second-order valence-corrected chi connectivity index (χ2v) is 15.6. The molecular weight excluding hydrogens is 621 g/mol. The van der Waals surface area contributed by atoms with Crippen molar-refractivity contribution < 1.29 is 28.8 Å². The Bertz CT molecular complexity index is 758. The molecule has 0 aliphatic heterocycles. The fourth-order valence-electron chi connectivity index (χ4n) is 6.34. The normalized spacial score (nSPS) is 13.4. The summed E-state index contributed by atoms with van der Waals surface area (Å²) in [6.45, 7) is 4.08. The van der Waals surface area contributed by atoms with Crippen molar-refractivity contribution in [2.75, 3.05) is 6.61 Å². The molecule has 0 saturated heterocycles. The molecule has 0 bridgehead atoms. The molecule has 0 fully saturated rings. The highest BCUT2D eigenvalue weighted by molar-refractivity contribution is 7.46. The lowest BCUT2D eigenvalue weighted by molar-refractivity contribution is -0.123. The van der Waals surface area contributed by atoms with E-state index in [4.69, 9.17) is 9.79 Å². The lowest BCUT2D eigenvalue weighted by Gasteiger charge is -2.22. The third-order valence-corrected chi connectivity index (χ3v) is 9.98. The second-order valence-electron chi connectivity index (χ2n) is 14.3. The fraction of sp³-hybridized carbons (Fsp3) is 0.925. The summed E-state index contributed by atoms with van der Waals surface area (Å²) in [5.41, 5.74) is 0. The van der Waals surface area contributed by atoms with E-state index in [2.05, 4.69) is 23.7 Å². The number of unbranched alkanes of at least 4 members (excludes halogenated alkanes) is 29. The first kappa shape index (κ1) is 47.3. The number of rotatable bonds is 38. The van der Waals surface area contributed by atoms with Crippen LogP contribution in [0.4, 0.5) is 0 Å². The van der Waals surface area contributed by atoms with E-state index in [9.17, 15) is 14.5 Å². The molecule has 0 aromatic rings. The zero-order valence-corrected chi connectivity index (χ0v) is 32.6. The highest BCUT2D eigenvalue weighted by Gasteiger charge is 2.24. The maximum Gasteiger partial charge on any atom is 0.469 e. The summed E-state index contributed by atoms with van der Waals surface area (Å²) in [6, 6.07) is -0.904. The summed E-state index contributed by atoms with van der Waals surface area (Å²) >= 11 is 0. The van der Waals surface area contributed by atoms with Crippen molar-refractivity contribution in [3.8, 4) is 0 Å². The highest BCUT2D eigenvalue weighted by atomic mass is 31.2. The summed E-state index contributed by atoms with van der Waals surface area (Å²) in [6.07, 6.45) is 42.3. The Morgan fingerprint density at radius 3 is 1.27 bits per heavy atom. The van der Waals surface area contributed by atoms with Crippen molar-refractivity contribution >= 4 is 13.7 Å². The van der Waals surface area contributed by atoms with Gasteiger partial charge in [0.2, 0.25) is 5.91 Å². The molecule has 8 heteroatoms. The Labute approximate surface area is 297 Å². The maximum absolute atomic E-state index is 12.6. The van der Waals surface area contributed by atoms with Crippen molar-refractivity contribution in [2.45, 2.75) is 231 Å². The number of phosphoric acid groups is 1. The molecule has 4 N–H and O–H groups in total. The molecule has 1 amide bonds. The van der Waals surface area contributed by atoms with Crippen LogP contribution in [0.3, 0.4) is 0 Å². The van der Waals surface area contributed by atoms with Gasteiger partial charge in [-0.25, -0.2) is 4.57 Å². The van der Waals surface area contributed by atoms with Crippen molar-refractivity contribution in [2.24, 2.45) is 0 Å². The smallest absolute Gasteiger partial charge is 0.387 e. The number of allylic oxidation sites excluding steroid dienone is 1. The molecule has 2 atom stereocenters. The molecule has 0 spiro atoms. The zero-order chi connectivity index (χ0) is 35.4. The molecule has 0 heterocycles. The summed E-state index contributed by atoms with van der Waals surface area (Å²) < 4.78 is 15.9. The molecule has 0 aromatic carbocycles. The van der Waals surface area contributed by atoms with Gasteiger partial charge in [-0.2, -0.15) is 0 Å². The number of amides is 1. The molecule has 0 aliphatic carbocycles. The first-order valence-corrected chi connectivity index (χ1v) is 22.2. The summed E-state index contributed by atoms with van der Waals surface area (Å²) in [5.74, 6) is -0.223. The standard InChI is InChI=1S/C40H80NO6P/c1-3-5-7-9-11-13-15-17-19-20-21-22-24-26-28-30-32-34-36-40(43)41-38(37-47-48(44,45)46)39(42)35-33-31-29-27-25-23-18-16-14-12-10-8-6-4-2/h33,35,38-39,42H,3-32,34,36-37H2,1-2H3,(H,41,43)(H2,44,45,46)/b35-33+/t38-,39+/m0/s1. The summed E-state index contributed by atoms with van der Waals surface area (Å²) in [5, 5.41) is 13.4. The summed E-state index contributed by atoms with van der Waals surface area (Å²) in [4.78, 5) is 30.8. The highest BCUT2D eigenvalue weighted by Crippen LogP contribution is 2.35. The van der Waals surface area contributed by atoms with Gasteiger partial charge in [-0.15, -0.1) is 0 Å². The molecule has 48 heavy (non-hydrogen) atoms. The third kappa shape index (κ3) is 36.6. The monoisotopic (exact) mass is 702 g/mol. The number of hydrogen-bond donors (Lipinski definition) is 4. The van der Waals surface area contributed by atoms with Crippen LogP contribution in [0.15, 0.2) is 12.2 Å². The number of aliphatic hydroxyl groups is 1. The van der Waals surface area contributed by atoms with Gasteiger partial charge >= 0.3 is 7.82 Å². The van der Waals surface area contributed by atoms with Crippen LogP contribution in [0.5, 0.6) is 0 Å². The van der Waals surface area contributed by atoms with Crippen LogP contribution in [-0.2, 0) is 13.9 Å². The minimum atomic E-state index is -4.71. The van der Waals surface area contributed by atoms with Crippen molar-refractivity contribution in [3.63, 3.8) is 0 Å². The first-order valence-electron chi connectivity index (χ1n) is 20.6. The number of carbonyl (C=O) groups excluding carboxylic acids is 1. The van der Waals surface area contributed by atoms with Crippen LogP contribution in [0.25, 0.3) is 0 Å². The van der Waals surface area contributed by atoms with Gasteiger partial charge in [-0.1, -0.05) is 206 Å². The quantitative estimate of drug-likeness (QED) is 0.0289. The molecule has 7 nitrogen and oxygen atoms in total. The number of phosphoric ester groups is 1. The van der Waals surface area contributed by atoms with E-state index in [-0.39, 0.29) is 5.91 Å². The van der Waals surface area contributed by atoms with E-state index in [0.717, 1.165) is 38.5 Å². The van der Waals surface area contributed by atoms with E-state index < -0.39 is 26.6 Å². The number of carbonyl (C=O) groups is 1. The maximum atomic E-state index is 12.6. The Morgan fingerprint density at radius 1 is 0.583 bits per heavy atom. The van der Waals surface area contributed by atoms with Gasteiger partial charge in [-0.3, -0.25) is 9.32 Å². The predicted octanol–water partition coefficient (Wildman–Crippen LogP) is 12.0. The van der Waals surface area contributed by atoms with Crippen LogP contribution < -0.4 is 5.32 Å².